The van der Waals surface area contributed by atoms with E-state index < -0.39 is 5.60 Å². The van der Waals surface area contributed by atoms with E-state index in [2.05, 4.69) is 31.2 Å². The molecule has 0 bridgehead atoms. The van der Waals surface area contributed by atoms with Gasteiger partial charge in [-0.15, -0.1) is 0 Å². The lowest BCUT2D eigenvalue weighted by Gasteiger charge is -2.28. The van der Waals surface area contributed by atoms with Crippen LogP contribution in [0.3, 0.4) is 0 Å². The lowest BCUT2D eigenvalue weighted by atomic mass is 9.91. The van der Waals surface area contributed by atoms with E-state index in [4.69, 9.17) is 14.2 Å². The Kier molecular flexibility index (Phi) is 5.38. The fourth-order valence-electron chi connectivity index (χ4n) is 3.45. The van der Waals surface area contributed by atoms with Gasteiger partial charge in [-0.05, 0) is 45.6 Å². The van der Waals surface area contributed by atoms with Crippen molar-refractivity contribution in [3.63, 3.8) is 0 Å². The van der Waals surface area contributed by atoms with Gasteiger partial charge in [0, 0.05) is 6.61 Å². The van der Waals surface area contributed by atoms with E-state index in [1.807, 2.05) is 6.92 Å². The number of nitrogens with one attached hydrogen (secondary N) is 1. The summed E-state index contributed by atoms with van der Waals surface area (Å²) in [5.74, 6) is 1.44. The fourth-order valence-corrected chi connectivity index (χ4v) is 3.45. The smallest absolute Gasteiger partial charge is 0.247 e. The molecule has 1 aromatic rings. The van der Waals surface area contributed by atoms with Crippen LogP contribution in [0.5, 0.6) is 0 Å². The summed E-state index contributed by atoms with van der Waals surface area (Å²) >= 11 is 0. The van der Waals surface area contributed by atoms with Gasteiger partial charge in [0.15, 0.2) is 0 Å². The average molecular weight is 295 g/mol. The quantitative estimate of drug-likeness (QED) is 0.795. The van der Waals surface area contributed by atoms with Gasteiger partial charge in [0.1, 0.15) is 5.60 Å². The Balaban J connectivity index is 2.31. The second kappa shape index (κ2) is 6.88. The Morgan fingerprint density at radius 3 is 2.57 bits per heavy atom. The van der Waals surface area contributed by atoms with Crippen LogP contribution in [0.4, 0.5) is 0 Å². The first-order chi connectivity index (χ1) is 10.2. The number of nitrogens with zero attached hydrogens (tertiary/aromatic N) is 2. The summed E-state index contributed by atoms with van der Waals surface area (Å²) in [5.41, 5.74) is -0.540. The van der Waals surface area contributed by atoms with Crippen LogP contribution in [-0.2, 0) is 15.9 Å². The summed E-state index contributed by atoms with van der Waals surface area (Å²) in [7, 11) is 0. The topological polar surface area (TPSA) is 60.2 Å². The van der Waals surface area contributed by atoms with Crippen molar-refractivity contribution in [2.24, 2.45) is 0 Å². The molecule has 0 saturated carbocycles. The molecule has 1 unspecified atom stereocenters. The van der Waals surface area contributed by atoms with Gasteiger partial charge in [-0.25, -0.2) is 0 Å². The molecule has 1 fully saturated rings. The van der Waals surface area contributed by atoms with E-state index in [1.54, 1.807) is 0 Å². The molecule has 5 nitrogen and oxygen atoms in total. The van der Waals surface area contributed by atoms with Crippen LogP contribution >= 0.6 is 0 Å². The molecule has 5 heteroatoms. The Morgan fingerprint density at radius 1 is 1.29 bits per heavy atom. The summed E-state index contributed by atoms with van der Waals surface area (Å²) in [6.45, 7) is 10.1. The van der Waals surface area contributed by atoms with Crippen LogP contribution < -0.4 is 5.32 Å². The molecular weight excluding hydrogens is 266 g/mol. The summed E-state index contributed by atoms with van der Waals surface area (Å²) in [5, 5.41) is 7.85. The monoisotopic (exact) mass is 295 g/mol. The van der Waals surface area contributed by atoms with Crippen LogP contribution in [0.15, 0.2) is 4.52 Å². The average Bonchev–Trinajstić information content (AvgIpc) is 3.15. The minimum Gasteiger partial charge on any atom is -0.367 e. The molecule has 0 spiro atoms. The highest BCUT2D eigenvalue weighted by atomic mass is 16.5. The molecule has 0 aromatic carbocycles. The fraction of sp³-hybridized carbons (Fsp3) is 0.875. The van der Waals surface area contributed by atoms with Gasteiger partial charge in [0.2, 0.25) is 11.7 Å². The molecule has 0 amide bonds. The first-order valence-corrected chi connectivity index (χ1v) is 8.40. The van der Waals surface area contributed by atoms with Crippen molar-refractivity contribution in [2.75, 3.05) is 13.2 Å². The Morgan fingerprint density at radius 2 is 2.05 bits per heavy atom. The normalized spacial score (nSPS) is 22.9. The summed E-state index contributed by atoms with van der Waals surface area (Å²) < 4.78 is 11.6. The molecule has 1 saturated heterocycles. The van der Waals surface area contributed by atoms with Gasteiger partial charge in [0.05, 0.1) is 5.54 Å². The SMILES string of the molecule is CCCC1(c2nc(C(CC)(CC)OCC)no2)CCCN1. The minimum atomic E-state index is -0.414. The van der Waals surface area contributed by atoms with Crippen LogP contribution in [0.2, 0.25) is 0 Å². The third-order valence-electron chi connectivity index (χ3n) is 4.73. The van der Waals surface area contributed by atoms with E-state index in [0.29, 0.717) is 12.4 Å². The van der Waals surface area contributed by atoms with E-state index in [1.165, 1.54) is 0 Å². The van der Waals surface area contributed by atoms with Crippen molar-refractivity contribution in [1.82, 2.24) is 15.5 Å². The second-order valence-corrected chi connectivity index (χ2v) is 5.92. The van der Waals surface area contributed by atoms with Crippen LogP contribution in [0, 0.1) is 0 Å². The summed E-state index contributed by atoms with van der Waals surface area (Å²) in [6.07, 6.45) is 6.07. The van der Waals surface area contributed by atoms with Gasteiger partial charge >= 0.3 is 0 Å². The number of aromatic nitrogens is 2. The zero-order valence-electron chi connectivity index (χ0n) is 13.9. The molecule has 120 valence electrons. The van der Waals surface area contributed by atoms with Crippen molar-refractivity contribution >= 4 is 0 Å². The summed E-state index contributed by atoms with van der Waals surface area (Å²) in [6, 6.07) is 0. The maximum atomic E-state index is 5.98. The highest BCUT2D eigenvalue weighted by molar-refractivity contribution is 5.10. The van der Waals surface area contributed by atoms with Gasteiger partial charge in [-0.2, -0.15) is 4.98 Å². The van der Waals surface area contributed by atoms with Gasteiger partial charge in [-0.1, -0.05) is 32.3 Å². The van der Waals surface area contributed by atoms with Gasteiger partial charge in [0.25, 0.3) is 0 Å². The van der Waals surface area contributed by atoms with Crippen molar-refractivity contribution in [3.05, 3.63) is 11.7 Å². The predicted molar refractivity (Wildman–Crippen MR) is 82.0 cm³/mol. The first-order valence-electron chi connectivity index (χ1n) is 8.40. The first kappa shape index (κ1) is 16.4. The van der Waals surface area contributed by atoms with Gasteiger partial charge < -0.3 is 14.6 Å². The number of ether oxygens (including phenoxy) is 1. The number of hydrogen-bond acceptors (Lipinski definition) is 5. The molecule has 0 aliphatic carbocycles. The summed E-state index contributed by atoms with van der Waals surface area (Å²) in [4.78, 5) is 4.75. The zero-order chi connectivity index (χ0) is 15.3. The lowest BCUT2D eigenvalue weighted by molar-refractivity contribution is -0.0583. The predicted octanol–water partition coefficient (Wildman–Crippen LogP) is 3.50. The van der Waals surface area contributed by atoms with E-state index in [-0.39, 0.29) is 5.54 Å². The van der Waals surface area contributed by atoms with E-state index >= 15 is 0 Å². The third-order valence-corrected chi connectivity index (χ3v) is 4.73. The molecule has 21 heavy (non-hydrogen) atoms. The highest BCUT2D eigenvalue weighted by Gasteiger charge is 2.42. The Labute approximate surface area is 127 Å². The lowest BCUT2D eigenvalue weighted by Crippen LogP contribution is -2.37. The molecule has 1 aromatic heterocycles. The second-order valence-electron chi connectivity index (χ2n) is 5.92. The standard InChI is InChI=1S/C16H29N3O2/c1-5-10-15(11-9-12-17-15)14-18-13(19-21-14)16(6-2,7-3)20-8-4/h17H,5-12H2,1-4H3. The molecule has 1 N–H and O–H groups in total. The molecule has 2 heterocycles. The molecule has 1 aliphatic heterocycles. The molecule has 0 radical (unpaired) electrons. The Hall–Kier alpha value is -0.940. The van der Waals surface area contributed by atoms with Gasteiger partial charge in [-0.3, -0.25) is 0 Å². The van der Waals surface area contributed by atoms with E-state index in [9.17, 15) is 0 Å². The maximum Gasteiger partial charge on any atom is 0.247 e. The largest absolute Gasteiger partial charge is 0.367 e. The third kappa shape index (κ3) is 2.99. The molecule has 1 atom stereocenters. The van der Waals surface area contributed by atoms with Crippen molar-refractivity contribution in [2.45, 2.75) is 77.4 Å². The highest BCUT2D eigenvalue weighted by Crippen LogP contribution is 2.37. The van der Waals surface area contributed by atoms with Crippen molar-refractivity contribution in [3.8, 4) is 0 Å². The zero-order valence-corrected chi connectivity index (χ0v) is 13.9. The number of rotatable bonds is 8. The molecule has 1 aliphatic rings. The van der Waals surface area contributed by atoms with Crippen LogP contribution in [-0.4, -0.2) is 23.3 Å². The maximum absolute atomic E-state index is 5.98. The minimum absolute atomic E-state index is 0.126. The van der Waals surface area contributed by atoms with Crippen LogP contribution in [0.1, 0.15) is 77.9 Å². The molecular formula is C16H29N3O2. The molecule has 2 rings (SSSR count). The van der Waals surface area contributed by atoms with Crippen molar-refractivity contribution < 1.29 is 9.26 Å². The van der Waals surface area contributed by atoms with Crippen molar-refractivity contribution in [1.29, 1.82) is 0 Å². The Bertz CT molecular complexity index is 412. The van der Waals surface area contributed by atoms with Crippen LogP contribution in [0.25, 0.3) is 0 Å². The number of hydrogen-bond donors (Lipinski definition) is 1. The van der Waals surface area contributed by atoms with E-state index in [0.717, 1.165) is 51.0 Å².